The molecule has 0 heterocycles. The molecular weight excluding hydrogens is 140 g/mol. The molecule has 0 aliphatic rings. The van der Waals surface area contributed by atoms with Crippen molar-refractivity contribution < 1.29 is 9.53 Å². The minimum atomic E-state index is -0.0949. The molecule has 1 atom stereocenters. The molecule has 0 spiro atoms. The highest BCUT2D eigenvalue weighted by atomic mass is 16.5. The highest BCUT2D eigenvalue weighted by Crippen LogP contribution is 2.12. The molecule has 0 saturated carbocycles. The van der Waals surface area contributed by atoms with Crippen LogP contribution in [0.15, 0.2) is 0 Å². The van der Waals surface area contributed by atoms with Gasteiger partial charge >= 0.3 is 0 Å². The number of carbonyl (C=O) groups excluding carboxylic acids is 1. The summed E-state index contributed by atoms with van der Waals surface area (Å²) in [7, 11) is 0. The lowest BCUT2D eigenvalue weighted by molar-refractivity contribution is -0.109. The zero-order valence-corrected chi connectivity index (χ0v) is 7.89. The van der Waals surface area contributed by atoms with Gasteiger partial charge in [-0.3, -0.25) is 0 Å². The zero-order chi connectivity index (χ0) is 8.91. The summed E-state index contributed by atoms with van der Waals surface area (Å²) >= 11 is 0. The predicted octanol–water partition coefficient (Wildman–Crippen LogP) is 2.17. The fraction of sp³-hybridized carbons (Fsp3) is 0.889. The van der Waals surface area contributed by atoms with E-state index in [1.54, 1.807) is 0 Å². The quantitative estimate of drug-likeness (QED) is 0.586. The van der Waals surface area contributed by atoms with Crippen LogP contribution in [0.2, 0.25) is 0 Å². The first-order chi connectivity index (χ1) is 4.95. The van der Waals surface area contributed by atoms with Gasteiger partial charge in [0.1, 0.15) is 6.29 Å². The molecule has 0 rings (SSSR count). The van der Waals surface area contributed by atoms with Crippen LogP contribution in [0.4, 0.5) is 0 Å². The molecule has 11 heavy (non-hydrogen) atoms. The summed E-state index contributed by atoms with van der Waals surface area (Å²) in [6.07, 6.45) is 2.53. The zero-order valence-electron chi connectivity index (χ0n) is 7.89. The van der Waals surface area contributed by atoms with Crippen molar-refractivity contribution >= 4 is 6.29 Å². The lowest BCUT2D eigenvalue weighted by atomic mass is 10.1. The Morgan fingerprint density at radius 3 is 2.36 bits per heavy atom. The highest BCUT2D eigenvalue weighted by molar-refractivity contribution is 5.49. The van der Waals surface area contributed by atoms with E-state index in [2.05, 4.69) is 0 Å². The predicted molar refractivity (Wildman–Crippen MR) is 45.6 cm³/mol. The van der Waals surface area contributed by atoms with Gasteiger partial charge in [-0.2, -0.15) is 0 Å². The van der Waals surface area contributed by atoms with Gasteiger partial charge in [-0.25, -0.2) is 0 Å². The van der Waals surface area contributed by atoms with Crippen LogP contribution in [0.25, 0.3) is 0 Å². The second kappa shape index (κ2) is 4.50. The van der Waals surface area contributed by atoms with E-state index in [4.69, 9.17) is 4.74 Å². The number of ether oxygens (including phenoxy) is 1. The van der Waals surface area contributed by atoms with E-state index in [1.165, 1.54) is 0 Å². The average molecular weight is 158 g/mol. The van der Waals surface area contributed by atoms with Crippen LogP contribution >= 0.6 is 0 Å². The third kappa shape index (κ3) is 7.53. The van der Waals surface area contributed by atoms with E-state index >= 15 is 0 Å². The van der Waals surface area contributed by atoms with Crippen molar-refractivity contribution in [1.82, 2.24) is 0 Å². The molecule has 2 nitrogen and oxygen atoms in total. The molecular formula is C9H18O2. The topological polar surface area (TPSA) is 26.3 Å². The van der Waals surface area contributed by atoms with Crippen LogP contribution in [-0.2, 0) is 9.53 Å². The number of rotatable bonds is 4. The first kappa shape index (κ1) is 10.6. The lowest BCUT2D eigenvalue weighted by Crippen LogP contribution is -2.25. The Morgan fingerprint density at radius 1 is 1.45 bits per heavy atom. The smallest absolute Gasteiger partial charge is 0.120 e. The standard InChI is InChI=1S/C9H18O2/c1-8(6-5-7-10)11-9(2,3)4/h7-8H,5-6H2,1-4H3. The second-order valence-corrected chi connectivity index (χ2v) is 3.78. The van der Waals surface area contributed by atoms with Crippen LogP contribution in [-0.4, -0.2) is 18.0 Å². The van der Waals surface area contributed by atoms with Crippen molar-refractivity contribution in [2.45, 2.75) is 52.2 Å². The SMILES string of the molecule is CC(CCC=O)OC(C)(C)C. The molecule has 1 unspecified atom stereocenters. The van der Waals surface area contributed by atoms with E-state index in [0.717, 1.165) is 12.7 Å². The van der Waals surface area contributed by atoms with Crippen LogP contribution in [0.1, 0.15) is 40.5 Å². The summed E-state index contributed by atoms with van der Waals surface area (Å²) in [5.41, 5.74) is -0.0949. The third-order valence-corrected chi connectivity index (χ3v) is 1.25. The largest absolute Gasteiger partial charge is 0.373 e. The van der Waals surface area contributed by atoms with Crippen molar-refractivity contribution in [3.05, 3.63) is 0 Å². The Morgan fingerprint density at radius 2 is 2.00 bits per heavy atom. The van der Waals surface area contributed by atoms with Gasteiger partial charge < -0.3 is 9.53 Å². The van der Waals surface area contributed by atoms with E-state index in [9.17, 15) is 4.79 Å². The molecule has 0 saturated heterocycles. The Balaban J connectivity index is 3.51. The lowest BCUT2D eigenvalue weighted by Gasteiger charge is -2.24. The molecule has 0 N–H and O–H groups in total. The normalized spacial score (nSPS) is 14.5. The van der Waals surface area contributed by atoms with Crippen LogP contribution in [0.3, 0.4) is 0 Å². The monoisotopic (exact) mass is 158 g/mol. The van der Waals surface area contributed by atoms with Crippen molar-refractivity contribution in [2.75, 3.05) is 0 Å². The van der Waals surface area contributed by atoms with Crippen LogP contribution < -0.4 is 0 Å². The first-order valence-corrected chi connectivity index (χ1v) is 4.07. The number of hydrogen-bond donors (Lipinski definition) is 0. The molecule has 0 bridgehead atoms. The summed E-state index contributed by atoms with van der Waals surface area (Å²) < 4.78 is 5.58. The van der Waals surface area contributed by atoms with E-state index in [-0.39, 0.29) is 11.7 Å². The average Bonchev–Trinajstić information content (AvgIpc) is 1.79. The van der Waals surface area contributed by atoms with Gasteiger partial charge in [0, 0.05) is 6.42 Å². The van der Waals surface area contributed by atoms with Crippen molar-refractivity contribution in [3.8, 4) is 0 Å². The Labute approximate surface area is 68.9 Å². The minimum absolute atomic E-state index is 0.0949. The molecule has 0 aromatic heterocycles. The van der Waals surface area contributed by atoms with Crippen molar-refractivity contribution in [1.29, 1.82) is 0 Å². The van der Waals surface area contributed by atoms with Gasteiger partial charge in [0.2, 0.25) is 0 Å². The third-order valence-electron chi connectivity index (χ3n) is 1.25. The Hall–Kier alpha value is -0.370. The molecule has 0 aromatic rings. The summed E-state index contributed by atoms with van der Waals surface area (Å²) in [5, 5.41) is 0. The van der Waals surface area contributed by atoms with Crippen LogP contribution in [0, 0.1) is 0 Å². The molecule has 0 aliphatic carbocycles. The fourth-order valence-corrected chi connectivity index (χ4v) is 0.965. The molecule has 66 valence electrons. The van der Waals surface area contributed by atoms with Crippen molar-refractivity contribution in [3.63, 3.8) is 0 Å². The number of aldehydes is 1. The maximum absolute atomic E-state index is 10.0. The summed E-state index contributed by atoms with van der Waals surface area (Å²) in [6, 6.07) is 0. The molecule has 0 amide bonds. The Kier molecular flexibility index (Phi) is 4.34. The first-order valence-electron chi connectivity index (χ1n) is 4.07. The van der Waals surface area contributed by atoms with Crippen molar-refractivity contribution in [2.24, 2.45) is 0 Å². The van der Waals surface area contributed by atoms with Gasteiger partial charge in [-0.05, 0) is 34.1 Å². The molecule has 2 heteroatoms. The summed E-state index contributed by atoms with van der Waals surface area (Å²) in [4.78, 5) is 10.0. The Bertz CT molecular complexity index is 113. The van der Waals surface area contributed by atoms with Gasteiger partial charge in [0.15, 0.2) is 0 Å². The van der Waals surface area contributed by atoms with Gasteiger partial charge in [-0.15, -0.1) is 0 Å². The molecule has 0 radical (unpaired) electrons. The molecule has 0 aliphatic heterocycles. The maximum atomic E-state index is 10.0. The van der Waals surface area contributed by atoms with E-state index in [0.29, 0.717) is 6.42 Å². The minimum Gasteiger partial charge on any atom is -0.373 e. The maximum Gasteiger partial charge on any atom is 0.120 e. The van der Waals surface area contributed by atoms with Crippen LogP contribution in [0.5, 0.6) is 0 Å². The molecule has 0 fully saturated rings. The fourth-order valence-electron chi connectivity index (χ4n) is 0.965. The van der Waals surface area contributed by atoms with E-state index < -0.39 is 0 Å². The molecule has 0 aromatic carbocycles. The van der Waals surface area contributed by atoms with Gasteiger partial charge in [-0.1, -0.05) is 0 Å². The van der Waals surface area contributed by atoms with Gasteiger partial charge in [0.05, 0.1) is 11.7 Å². The highest BCUT2D eigenvalue weighted by Gasteiger charge is 2.14. The van der Waals surface area contributed by atoms with Gasteiger partial charge in [0.25, 0.3) is 0 Å². The van der Waals surface area contributed by atoms with E-state index in [1.807, 2.05) is 27.7 Å². The summed E-state index contributed by atoms with van der Waals surface area (Å²) in [6.45, 7) is 8.05. The summed E-state index contributed by atoms with van der Waals surface area (Å²) in [5.74, 6) is 0. The second-order valence-electron chi connectivity index (χ2n) is 3.78. The number of carbonyl (C=O) groups is 1. The number of hydrogen-bond acceptors (Lipinski definition) is 2.